The third-order valence-electron chi connectivity index (χ3n) is 4.02. The number of amides is 1. The molecule has 3 fully saturated rings. The van der Waals surface area contributed by atoms with Crippen LogP contribution in [0.1, 0.15) is 12.8 Å². The molecule has 3 rings (SSSR count). The standard InChI is InChI=1S/C11H17NO4/c1-15-11(14)12-4-7(6-2-3-6)10-9(12)8(13)5-16-10/h6-10,13H,2-5H2,1H3. The van der Waals surface area contributed by atoms with E-state index in [4.69, 9.17) is 9.47 Å². The summed E-state index contributed by atoms with van der Waals surface area (Å²) in [5.74, 6) is 1.06. The summed E-state index contributed by atoms with van der Waals surface area (Å²) in [5, 5.41) is 9.86. The van der Waals surface area contributed by atoms with Gasteiger partial charge in [-0.15, -0.1) is 0 Å². The minimum atomic E-state index is -0.562. The second kappa shape index (κ2) is 3.60. The zero-order chi connectivity index (χ0) is 11.3. The van der Waals surface area contributed by atoms with Crippen LogP contribution in [0, 0.1) is 11.8 Å². The number of nitrogens with zero attached hydrogens (tertiary/aromatic N) is 1. The van der Waals surface area contributed by atoms with Gasteiger partial charge in [0.15, 0.2) is 0 Å². The van der Waals surface area contributed by atoms with Gasteiger partial charge in [0.25, 0.3) is 0 Å². The maximum absolute atomic E-state index is 11.6. The second-order valence-electron chi connectivity index (χ2n) is 4.98. The van der Waals surface area contributed by atoms with E-state index in [-0.39, 0.29) is 18.2 Å². The van der Waals surface area contributed by atoms with Gasteiger partial charge >= 0.3 is 6.09 Å². The van der Waals surface area contributed by atoms with Gasteiger partial charge in [-0.2, -0.15) is 0 Å². The van der Waals surface area contributed by atoms with Crippen molar-refractivity contribution in [1.82, 2.24) is 4.90 Å². The number of likely N-dealkylation sites (tertiary alicyclic amines) is 1. The summed E-state index contributed by atoms with van der Waals surface area (Å²) in [4.78, 5) is 13.3. The first kappa shape index (κ1) is 10.4. The molecule has 0 aromatic carbocycles. The number of ether oxygens (including phenoxy) is 2. The van der Waals surface area contributed by atoms with Gasteiger partial charge in [0.1, 0.15) is 6.10 Å². The lowest BCUT2D eigenvalue weighted by Gasteiger charge is -2.23. The van der Waals surface area contributed by atoms with Crippen LogP contribution in [-0.2, 0) is 9.47 Å². The smallest absolute Gasteiger partial charge is 0.409 e. The zero-order valence-corrected chi connectivity index (χ0v) is 9.33. The Balaban J connectivity index is 1.81. The van der Waals surface area contributed by atoms with Crippen molar-refractivity contribution in [2.75, 3.05) is 20.3 Å². The number of hydrogen-bond donors (Lipinski definition) is 1. The van der Waals surface area contributed by atoms with Gasteiger partial charge in [0.2, 0.25) is 0 Å². The van der Waals surface area contributed by atoms with Crippen LogP contribution in [0.2, 0.25) is 0 Å². The highest BCUT2D eigenvalue weighted by Gasteiger charge is 2.56. The van der Waals surface area contributed by atoms with E-state index in [0.717, 1.165) is 0 Å². The number of hydrogen-bond acceptors (Lipinski definition) is 4. The Morgan fingerprint density at radius 3 is 2.88 bits per heavy atom. The second-order valence-corrected chi connectivity index (χ2v) is 4.98. The average molecular weight is 227 g/mol. The van der Waals surface area contributed by atoms with Gasteiger partial charge in [-0.05, 0) is 18.8 Å². The van der Waals surface area contributed by atoms with Crippen LogP contribution in [0.3, 0.4) is 0 Å². The first-order valence-electron chi connectivity index (χ1n) is 5.86. The molecule has 0 bridgehead atoms. The van der Waals surface area contributed by atoms with Gasteiger partial charge in [-0.25, -0.2) is 4.79 Å². The van der Waals surface area contributed by atoms with Crippen molar-refractivity contribution in [2.24, 2.45) is 11.8 Å². The fourth-order valence-corrected chi connectivity index (χ4v) is 3.10. The van der Waals surface area contributed by atoms with Crippen LogP contribution in [0.25, 0.3) is 0 Å². The summed E-state index contributed by atoms with van der Waals surface area (Å²) >= 11 is 0. The molecular weight excluding hydrogens is 210 g/mol. The largest absolute Gasteiger partial charge is 0.453 e. The molecule has 0 aromatic heterocycles. The average Bonchev–Trinajstić information content (AvgIpc) is 2.95. The Bertz CT molecular complexity index is 304. The fraction of sp³-hybridized carbons (Fsp3) is 0.909. The van der Waals surface area contributed by atoms with Crippen LogP contribution in [-0.4, -0.2) is 54.6 Å². The first-order valence-corrected chi connectivity index (χ1v) is 5.86. The Morgan fingerprint density at radius 1 is 1.50 bits per heavy atom. The van der Waals surface area contributed by atoms with Crippen LogP contribution < -0.4 is 0 Å². The van der Waals surface area contributed by atoms with E-state index in [2.05, 4.69) is 0 Å². The fourth-order valence-electron chi connectivity index (χ4n) is 3.10. The molecule has 5 nitrogen and oxygen atoms in total. The van der Waals surface area contributed by atoms with Gasteiger partial charge in [0.05, 0.1) is 25.9 Å². The van der Waals surface area contributed by atoms with Crippen molar-refractivity contribution in [1.29, 1.82) is 0 Å². The summed E-state index contributed by atoms with van der Waals surface area (Å²) in [6.07, 6.45) is 1.56. The van der Waals surface area contributed by atoms with E-state index in [0.29, 0.717) is 25.0 Å². The molecule has 2 saturated heterocycles. The molecule has 0 radical (unpaired) electrons. The lowest BCUT2D eigenvalue weighted by atomic mass is 9.96. The molecule has 4 atom stereocenters. The number of carbonyl (C=O) groups is 1. The summed E-state index contributed by atoms with van der Waals surface area (Å²) in [6.45, 7) is 1.01. The highest BCUT2D eigenvalue weighted by atomic mass is 16.5. The minimum absolute atomic E-state index is 0.0154. The number of carbonyl (C=O) groups excluding carboxylic acids is 1. The van der Waals surface area contributed by atoms with E-state index in [1.54, 1.807) is 4.90 Å². The van der Waals surface area contributed by atoms with Crippen molar-refractivity contribution < 1.29 is 19.4 Å². The molecule has 0 spiro atoms. The summed E-state index contributed by atoms with van der Waals surface area (Å²) in [6, 6.07) is -0.196. The summed E-state index contributed by atoms with van der Waals surface area (Å²) < 4.78 is 10.4. The number of methoxy groups -OCH3 is 1. The predicted octanol–water partition coefficient (Wildman–Crippen LogP) is 0.223. The van der Waals surface area contributed by atoms with Gasteiger partial charge in [0, 0.05) is 12.5 Å². The van der Waals surface area contributed by atoms with Gasteiger partial charge < -0.3 is 14.6 Å². The zero-order valence-electron chi connectivity index (χ0n) is 9.33. The van der Waals surface area contributed by atoms with Crippen LogP contribution in [0.15, 0.2) is 0 Å². The van der Waals surface area contributed by atoms with Crippen molar-refractivity contribution in [3.63, 3.8) is 0 Å². The lowest BCUT2D eigenvalue weighted by molar-refractivity contribution is 0.0546. The van der Waals surface area contributed by atoms with E-state index >= 15 is 0 Å². The first-order chi connectivity index (χ1) is 7.72. The van der Waals surface area contributed by atoms with Crippen LogP contribution >= 0.6 is 0 Å². The Labute approximate surface area is 94.3 Å². The van der Waals surface area contributed by atoms with E-state index in [1.807, 2.05) is 0 Å². The highest BCUT2D eigenvalue weighted by molar-refractivity contribution is 5.68. The van der Waals surface area contributed by atoms with Crippen LogP contribution in [0.4, 0.5) is 4.79 Å². The molecule has 90 valence electrons. The summed E-state index contributed by atoms with van der Waals surface area (Å²) in [7, 11) is 1.38. The van der Waals surface area contributed by atoms with Crippen molar-refractivity contribution >= 4 is 6.09 Å². The highest BCUT2D eigenvalue weighted by Crippen LogP contribution is 2.46. The minimum Gasteiger partial charge on any atom is -0.453 e. The van der Waals surface area contributed by atoms with E-state index < -0.39 is 6.10 Å². The number of aliphatic hydroxyl groups excluding tert-OH is 1. The third kappa shape index (κ3) is 1.42. The quantitative estimate of drug-likeness (QED) is 0.696. The Kier molecular flexibility index (Phi) is 2.33. The Hall–Kier alpha value is -0.810. The molecule has 2 aliphatic heterocycles. The SMILES string of the molecule is COC(=O)N1CC(C2CC2)C2OCC(O)C21. The Morgan fingerprint density at radius 2 is 2.25 bits per heavy atom. The molecule has 16 heavy (non-hydrogen) atoms. The normalized spacial score (nSPS) is 42.2. The molecule has 1 saturated carbocycles. The molecule has 1 amide bonds. The third-order valence-corrected chi connectivity index (χ3v) is 4.02. The van der Waals surface area contributed by atoms with Crippen LogP contribution in [0.5, 0.6) is 0 Å². The molecule has 4 unspecified atom stereocenters. The number of rotatable bonds is 1. The predicted molar refractivity (Wildman–Crippen MR) is 54.9 cm³/mol. The molecule has 1 N–H and O–H groups in total. The van der Waals surface area contributed by atoms with Crippen molar-refractivity contribution in [3.05, 3.63) is 0 Å². The maximum atomic E-state index is 11.6. The molecule has 3 aliphatic rings. The monoisotopic (exact) mass is 227 g/mol. The number of aliphatic hydroxyl groups is 1. The molecule has 0 aromatic rings. The number of fused-ring (bicyclic) bond motifs is 1. The van der Waals surface area contributed by atoms with E-state index in [9.17, 15) is 9.90 Å². The molecule has 2 heterocycles. The lowest BCUT2D eigenvalue weighted by Crippen LogP contribution is -2.43. The molecule has 5 heteroatoms. The molecular formula is C11H17NO4. The van der Waals surface area contributed by atoms with Crippen molar-refractivity contribution in [3.8, 4) is 0 Å². The van der Waals surface area contributed by atoms with Gasteiger partial charge in [-0.1, -0.05) is 0 Å². The topological polar surface area (TPSA) is 59.0 Å². The van der Waals surface area contributed by atoms with E-state index in [1.165, 1.54) is 20.0 Å². The maximum Gasteiger partial charge on any atom is 0.409 e. The summed E-state index contributed by atoms with van der Waals surface area (Å²) in [5.41, 5.74) is 0. The molecule has 1 aliphatic carbocycles. The van der Waals surface area contributed by atoms with Crippen molar-refractivity contribution in [2.45, 2.75) is 31.1 Å². The van der Waals surface area contributed by atoms with Gasteiger partial charge in [-0.3, -0.25) is 4.90 Å².